The van der Waals surface area contributed by atoms with Gasteiger partial charge in [-0.1, -0.05) is 17.7 Å². The highest BCUT2D eigenvalue weighted by Gasteiger charge is 2.21. The predicted molar refractivity (Wildman–Crippen MR) is 116 cm³/mol. The summed E-state index contributed by atoms with van der Waals surface area (Å²) in [5.41, 5.74) is 0.938. The maximum atomic E-state index is 11.9. The predicted octanol–water partition coefficient (Wildman–Crippen LogP) is 4.62. The van der Waals surface area contributed by atoms with E-state index in [-0.39, 0.29) is 28.2 Å². The summed E-state index contributed by atoms with van der Waals surface area (Å²) in [6, 6.07) is 13.7. The summed E-state index contributed by atoms with van der Waals surface area (Å²) in [5, 5.41) is 19.6. The van der Waals surface area contributed by atoms with Crippen molar-refractivity contribution in [1.82, 2.24) is 0 Å². The molecular weight excluding hydrogens is 444 g/mol. The van der Waals surface area contributed by atoms with Crippen molar-refractivity contribution >= 4 is 34.2 Å². The lowest BCUT2D eigenvalue weighted by atomic mass is 9.92. The van der Waals surface area contributed by atoms with Crippen molar-refractivity contribution in [3.63, 3.8) is 0 Å². The number of aromatic carboxylic acids is 2. The van der Waals surface area contributed by atoms with E-state index in [0.717, 1.165) is 6.07 Å². The van der Waals surface area contributed by atoms with Gasteiger partial charge in [0.2, 0.25) is 0 Å². The van der Waals surface area contributed by atoms with Crippen LogP contribution in [-0.4, -0.2) is 30.6 Å². The zero-order valence-corrected chi connectivity index (χ0v) is 17.8. The normalized spacial score (nSPS) is 10.8. The highest BCUT2D eigenvalue weighted by Crippen LogP contribution is 2.38. The highest BCUT2D eigenvalue weighted by molar-refractivity contribution is 7.71. The lowest BCUT2D eigenvalue weighted by molar-refractivity contribution is 0.0695. The van der Waals surface area contributed by atoms with E-state index in [4.69, 9.17) is 16.3 Å². The maximum absolute atomic E-state index is 11.9. The van der Waals surface area contributed by atoms with Crippen molar-refractivity contribution in [3.8, 4) is 22.6 Å². The molecule has 0 bridgehead atoms. The van der Waals surface area contributed by atoms with Crippen molar-refractivity contribution in [1.29, 1.82) is 0 Å². The number of halogens is 1. The van der Waals surface area contributed by atoms with Crippen LogP contribution in [0, 0.1) is 6.92 Å². The molecule has 0 aromatic heterocycles. The van der Waals surface area contributed by atoms with Crippen molar-refractivity contribution in [3.05, 3.63) is 81.9 Å². The molecule has 0 heterocycles. The number of rotatable bonds is 7. The monoisotopic (exact) mass is 460 g/mol. The zero-order valence-electron chi connectivity index (χ0n) is 16.2. The summed E-state index contributed by atoms with van der Waals surface area (Å²) in [6.45, 7) is 1.55. The fourth-order valence-corrected chi connectivity index (χ4v) is 3.71. The van der Waals surface area contributed by atoms with Crippen LogP contribution in [0.5, 0.6) is 11.5 Å². The smallest absolute Gasteiger partial charge is 0.336 e. The van der Waals surface area contributed by atoms with Crippen molar-refractivity contribution in [2.45, 2.75) is 12.7 Å². The minimum absolute atomic E-state index is 0.139. The van der Waals surface area contributed by atoms with Gasteiger partial charge in [-0.3, -0.25) is 0 Å². The van der Waals surface area contributed by atoms with Gasteiger partial charge in [0.15, 0.2) is 0 Å². The van der Waals surface area contributed by atoms with Crippen LogP contribution < -0.4 is 4.74 Å². The van der Waals surface area contributed by atoms with E-state index in [0.29, 0.717) is 27.5 Å². The summed E-state index contributed by atoms with van der Waals surface area (Å²) in [7, 11) is -2.71. The minimum Gasteiger partial charge on any atom is -0.478 e. The molecule has 3 rings (SSSR count). The number of carbonyl (C=O) groups is 2. The number of thiol groups is 1. The molecule has 2 N–H and O–H groups in total. The van der Waals surface area contributed by atoms with Crippen LogP contribution in [0.1, 0.15) is 31.8 Å². The lowest BCUT2D eigenvalue weighted by Crippen LogP contribution is -2.07. The first-order valence-electron chi connectivity index (χ1n) is 8.95. The first-order valence-corrected chi connectivity index (χ1v) is 10.7. The molecule has 31 heavy (non-hydrogen) atoms. The fourth-order valence-electron chi connectivity index (χ4n) is 3.09. The number of carboxylic acid groups (broad SMARTS) is 2. The summed E-state index contributed by atoms with van der Waals surface area (Å²) < 4.78 is 28.3. The number of carboxylic acids is 2. The van der Waals surface area contributed by atoms with E-state index in [9.17, 15) is 28.2 Å². The first kappa shape index (κ1) is 22.3. The van der Waals surface area contributed by atoms with Crippen LogP contribution in [0.4, 0.5) is 0 Å². The number of ether oxygens (including phenoxy) is 1. The van der Waals surface area contributed by atoms with Gasteiger partial charge in [-0.2, -0.15) is 0 Å². The zero-order chi connectivity index (χ0) is 22.7. The molecule has 0 aliphatic heterocycles. The van der Waals surface area contributed by atoms with Crippen molar-refractivity contribution in [2.24, 2.45) is 0 Å². The average Bonchev–Trinajstić information content (AvgIpc) is 2.69. The van der Waals surface area contributed by atoms with Gasteiger partial charge in [-0.15, -0.1) is 0 Å². The Hall–Kier alpha value is -3.36. The molecule has 0 saturated heterocycles. The summed E-state index contributed by atoms with van der Waals surface area (Å²) >= 11 is 5.90. The molecule has 0 amide bonds. The molecule has 0 fully saturated rings. The highest BCUT2D eigenvalue weighted by atomic mass is 35.5. The second-order valence-electron chi connectivity index (χ2n) is 6.70. The summed E-state index contributed by atoms with van der Waals surface area (Å²) in [4.78, 5) is 23.4. The molecule has 160 valence electrons. The molecule has 0 spiro atoms. The topological polar surface area (TPSA) is 118 Å². The molecular formula is C22H17ClO7S. The number of hydrogen-bond donors (Lipinski definition) is 3. The minimum atomic E-state index is -2.71. The number of benzene rings is 3. The Kier molecular flexibility index (Phi) is 6.62. The van der Waals surface area contributed by atoms with Gasteiger partial charge in [0.05, 0.1) is 16.9 Å². The maximum Gasteiger partial charge on any atom is 0.336 e. The van der Waals surface area contributed by atoms with Crippen LogP contribution in [0.3, 0.4) is 0 Å². The Balaban J connectivity index is 2.23. The summed E-state index contributed by atoms with van der Waals surface area (Å²) in [6.07, 6.45) is 0. The number of aryl methyl sites for hydroxylation is 1. The first-order chi connectivity index (χ1) is 14.7. The molecule has 3 aromatic rings. The molecule has 7 nitrogen and oxygen atoms in total. The molecule has 0 radical (unpaired) electrons. The standard InChI is InChI=1S/C22H17ClO7S/c1-12-8-17(19(22(26)27)10-16(12)21(24)25)18-9-13(11-31(28)29)2-7-20(18)30-15-5-3-14(23)4-6-15/h2-10,31H,11H2,1H3,(H,24,25)(H,26,27). The Morgan fingerprint density at radius 2 is 1.55 bits per heavy atom. The molecule has 0 unspecified atom stereocenters. The second kappa shape index (κ2) is 9.20. The van der Waals surface area contributed by atoms with Gasteiger partial charge < -0.3 is 14.9 Å². The third-order valence-electron chi connectivity index (χ3n) is 4.51. The van der Waals surface area contributed by atoms with Gasteiger partial charge in [0, 0.05) is 16.1 Å². The third-order valence-corrected chi connectivity index (χ3v) is 5.39. The van der Waals surface area contributed by atoms with Crippen molar-refractivity contribution < 1.29 is 33.0 Å². The third kappa shape index (κ3) is 5.22. The fraction of sp³-hybridized carbons (Fsp3) is 0.0909. The van der Waals surface area contributed by atoms with Crippen LogP contribution in [0.25, 0.3) is 11.1 Å². The molecule has 9 heteroatoms. The SMILES string of the molecule is Cc1cc(-c2cc(C[SH](=O)=O)ccc2Oc2ccc(Cl)cc2)c(C(=O)O)cc1C(=O)O. The average molecular weight is 461 g/mol. The van der Waals surface area contributed by atoms with Crippen LogP contribution in [0.2, 0.25) is 5.02 Å². The van der Waals surface area contributed by atoms with E-state index in [2.05, 4.69) is 0 Å². The Morgan fingerprint density at radius 1 is 0.903 bits per heavy atom. The van der Waals surface area contributed by atoms with Gasteiger partial charge >= 0.3 is 11.9 Å². The lowest BCUT2D eigenvalue weighted by Gasteiger charge is -2.16. The molecule has 0 saturated carbocycles. The Morgan fingerprint density at radius 3 is 2.13 bits per heavy atom. The van der Waals surface area contributed by atoms with Crippen LogP contribution in [-0.2, 0) is 16.5 Å². The largest absolute Gasteiger partial charge is 0.478 e. The van der Waals surface area contributed by atoms with Gasteiger partial charge in [0.25, 0.3) is 0 Å². The van der Waals surface area contributed by atoms with Crippen LogP contribution in [0.15, 0.2) is 54.6 Å². The Bertz CT molecular complexity index is 1240. The quantitative estimate of drug-likeness (QED) is 0.440. The molecule has 0 atom stereocenters. The van der Waals surface area contributed by atoms with E-state index in [1.807, 2.05) is 0 Å². The van der Waals surface area contributed by atoms with Crippen LogP contribution >= 0.6 is 11.6 Å². The van der Waals surface area contributed by atoms with Gasteiger partial charge in [-0.25, -0.2) is 18.0 Å². The van der Waals surface area contributed by atoms with E-state index in [1.165, 1.54) is 12.1 Å². The molecule has 3 aromatic carbocycles. The van der Waals surface area contributed by atoms with E-state index in [1.54, 1.807) is 43.3 Å². The van der Waals surface area contributed by atoms with Gasteiger partial charge in [0.1, 0.15) is 22.2 Å². The number of hydrogen-bond acceptors (Lipinski definition) is 5. The summed E-state index contributed by atoms with van der Waals surface area (Å²) in [5.74, 6) is -2.10. The Labute approximate surface area is 184 Å². The second-order valence-corrected chi connectivity index (χ2v) is 8.12. The molecule has 0 aliphatic rings. The van der Waals surface area contributed by atoms with Gasteiger partial charge in [-0.05, 0) is 66.6 Å². The van der Waals surface area contributed by atoms with Crippen molar-refractivity contribution in [2.75, 3.05) is 0 Å². The van der Waals surface area contributed by atoms with E-state index >= 15 is 0 Å². The van der Waals surface area contributed by atoms with E-state index < -0.39 is 22.6 Å². The molecule has 0 aliphatic carbocycles.